The number of esters is 1. The average Bonchev–Trinajstić information content (AvgIpc) is 2.57. The van der Waals surface area contributed by atoms with Gasteiger partial charge in [0.05, 0.1) is 10.5 Å². The number of carbonyl (C=O) groups excluding carboxylic acids is 3. The lowest BCUT2D eigenvalue weighted by atomic mass is 10.2. The topological polar surface area (TPSA) is 122 Å². The van der Waals surface area contributed by atoms with E-state index in [1.54, 1.807) is 0 Å². The molecule has 1 rings (SSSR count). The van der Waals surface area contributed by atoms with Crippen LogP contribution in [-0.4, -0.2) is 57.9 Å². The van der Waals surface area contributed by atoms with Crippen molar-refractivity contribution in [3.05, 3.63) is 29.8 Å². The average molecular weight is 371 g/mol. The molecule has 0 fully saturated rings. The minimum absolute atomic E-state index is 0.0221. The van der Waals surface area contributed by atoms with Crippen molar-refractivity contribution in [2.75, 3.05) is 27.2 Å². The SMILES string of the molecule is CCCNC(=O)NC(=O)COC(=O)c1cccc(S(=O)(=O)N(C)C)c1. The van der Waals surface area contributed by atoms with Gasteiger partial charge in [-0.2, -0.15) is 0 Å². The molecule has 3 amide bonds. The van der Waals surface area contributed by atoms with Crippen molar-refractivity contribution in [2.45, 2.75) is 18.2 Å². The normalized spacial score (nSPS) is 11.0. The summed E-state index contributed by atoms with van der Waals surface area (Å²) in [5.41, 5.74) is -0.0221. The molecule has 25 heavy (non-hydrogen) atoms. The number of hydrogen-bond acceptors (Lipinski definition) is 6. The molecule has 0 bridgehead atoms. The van der Waals surface area contributed by atoms with Gasteiger partial charge in [0.25, 0.3) is 5.91 Å². The van der Waals surface area contributed by atoms with Crippen LogP contribution < -0.4 is 10.6 Å². The maximum absolute atomic E-state index is 12.0. The van der Waals surface area contributed by atoms with E-state index in [1.165, 1.54) is 32.3 Å². The van der Waals surface area contributed by atoms with Gasteiger partial charge in [-0.1, -0.05) is 13.0 Å². The summed E-state index contributed by atoms with van der Waals surface area (Å²) in [6, 6.07) is 4.58. The monoisotopic (exact) mass is 371 g/mol. The molecular weight excluding hydrogens is 350 g/mol. The number of ether oxygens (including phenoxy) is 1. The molecule has 0 spiro atoms. The van der Waals surface area contributed by atoms with Gasteiger partial charge in [-0.05, 0) is 24.6 Å². The van der Waals surface area contributed by atoms with E-state index in [0.717, 1.165) is 10.4 Å². The predicted octanol–water partition coefficient (Wildman–Crippen LogP) is 0.330. The van der Waals surface area contributed by atoms with E-state index >= 15 is 0 Å². The van der Waals surface area contributed by atoms with Crippen LogP contribution in [0.3, 0.4) is 0 Å². The van der Waals surface area contributed by atoms with Crippen LogP contribution in [0.15, 0.2) is 29.2 Å². The zero-order valence-corrected chi connectivity index (χ0v) is 15.1. The number of urea groups is 1. The van der Waals surface area contributed by atoms with Crippen LogP contribution in [0.2, 0.25) is 0 Å². The number of imide groups is 1. The zero-order valence-electron chi connectivity index (χ0n) is 14.2. The predicted molar refractivity (Wildman–Crippen MR) is 89.4 cm³/mol. The van der Waals surface area contributed by atoms with Crippen molar-refractivity contribution in [1.29, 1.82) is 0 Å². The highest BCUT2D eigenvalue weighted by Crippen LogP contribution is 2.15. The lowest BCUT2D eigenvalue weighted by Gasteiger charge is -2.12. The van der Waals surface area contributed by atoms with Crippen LogP contribution >= 0.6 is 0 Å². The van der Waals surface area contributed by atoms with E-state index in [4.69, 9.17) is 4.74 Å². The summed E-state index contributed by atoms with van der Waals surface area (Å²) in [5.74, 6) is -1.67. The van der Waals surface area contributed by atoms with E-state index in [-0.39, 0.29) is 10.5 Å². The Balaban J connectivity index is 2.67. The Bertz CT molecular complexity index is 745. The van der Waals surface area contributed by atoms with Crippen molar-refractivity contribution < 1.29 is 27.5 Å². The highest BCUT2D eigenvalue weighted by molar-refractivity contribution is 7.89. The van der Waals surface area contributed by atoms with Gasteiger partial charge in [-0.3, -0.25) is 10.1 Å². The number of benzene rings is 1. The quantitative estimate of drug-likeness (QED) is 0.666. The molecule has 0 aromatic heterocycles. The summed E-state index contributed by atoms with van der Waals surface area (Å²) in [6.07, 6.45) is 0.711. The largest absolute Gasteiger partial charge is 0.452 e. The second-order valence-corrected chi connectivity index (χ2v) is 7.35. The van der Waals surface area contributed by atoms with Crippen molar-refractivity contribution in [2.24, 2.45) is 0 Å². The van der Waals surface area contributed by atoms with Gasteiger partial charge in [-0.15, -0.1) is 0 Å². The van der Waals surface area contributed by atoms with Crippen LogP contribution in [0.1, 0.15) is 23.7 Å². The summed E-state index contributed by atoms with van der Waals surface area (Å²) < 4.78 is 29.9. The van der Waals surface area contributed by atoms with E-state index in [9.17, 15) is 22.8 Å². The molecule has 2 N–H and O–H groups in total. The third kappa shape index (κ3) is 6.16. The zero-order chi connectivity index (χ0) is 19.0. The summed E-state index contributed by atoms with van der Waals surface area (Å²) in [6.45, 7) is 1.60. The Morgan fingerprint density at radius 3 is 2.48 bits per heavy atom. The summed E-state index contributed by atoms with van der Waals surface area (Å²) >= 11 is 0. The Labute approximate surface area is 146 Å². The minimum Gasteiger partial charge on any atom is -0.452 e. The number of hydrogen-bond donors (Lipinski definition) is 2. The van der Waals surface area contributed by atoms with Crippen molar-refractivity contribution in [1.82, 2.24) is 14.9 Å². The fourth-order valence-corrected chi connectivity index (χ4v) is 2.60. The van der Waals surface area contributed by atoms with Gasteiger partial charge in [0, 0.05) is 20.6 Å². The van der Waals surface area contributed by atoms with E-state index in [1.807, 2.05) is 12.2 Å². The molecule has 138 valence electrons. The molecule has 9 nitrogen and oxygen atoms in total. The lowest BCUT2D eigenvalue weighted by molar-refractivity contribution is -0.123. The molecule has 1 aromatic carbocycles. The van der Waals surface area contributed by atoms with Crippen LogP contribution in [-0.2, 0) is 19.6 Å². The summed E-state index contributed by atoms with van der Waals surface area (Å²) in [7, 11) is -0.957. The van der Waals surface area contributed by atoms with Crippen LogP contribution in [0.25, 0.3) is 0 Å². The maximum Gasteiger partial charge on any atom is 0.338 e. The maximum atomic E-state index is 12.0. The smallest absolute Gasteiger partial charge is 0.338 e. The molecule has 0 saturated heterocycles. The second-order valence-electron chi connectivity index (χ2n) is 5.20. The Kier molecular flexibility index (Phi) is 7.52. The first-order valence-electron chi connectivity index (χ1n) is 7.46. The van der Waals surface area contributed by atoms with Crippen LogP contribution in [0.5, 0.6) is 0 Å². The fraction of sp³-hybridized carbons (Fsp3) is 0.400. The van der Waals surface area contributed by atoms with Gasteiger partial charge < -0.3 is 10.1 Å². The summed E-state index contributed by atoms with van der Waals surface area (Å²) in [5, 5.41) is 4.44. The molecule has 0 atom stereocenters. The molecule has 0 aliphatic heterocycles. The highest BCUT2D eigenvalue weighted by atomic mass is 32.2. The van der Waals surface area contributed by atoms with E-state index in [0.29, 0.717) is 13.0 Å². The minimum atomic E-state index is -3.70. The molecule has 0 aliphatic carbocycles. The second kappa shape index (κ2) is 9.14. The van der Waals surface area contributed by atoms with E-state index < -0.39 is 34.5 Å². The van der Waals surface area contributed by atoms with Gasteiger partial charge in [0.1, 0.15) is 0 Å². The van der Waals surface area contributed by atoms with Crippen molar-refractivity contribution in [3.63, 3.8) is 0 Å². The first-order valence-corrected chi connectivity index (χ1v) is 8.90. The molecule has 10 heteroatoms. The number of nitrogens with zero attached hydrogens (tertiary/aromatic N) is 1. The van der Waals surface area contributed by atoms with Gasteiger partial charge >= 0.3 is 12.0 Å². The van der Waals surface area contributed by atoms with Gasteiger partial charge in [0.15, 0.2) is 6.61 Å². The molecule has 0 unspecified atom stereocenters. The number of nitrogens with one attached hydrogen (secondary N) is 2. The van der Waals surface area contributed by atoms with Crippen LogP contribution in [0, 0.1) is 0 Å². The molecular formula is C15H21N3O6S. The first kappa shape index (κ1) is 20.6. The molecule has 0 radical (unpaired) electrons. The number of carbonyl (C=O) groups is 3. The highest BCUT2D eigenvalue weighted by Gasteiger charge is 2.19. The lowest BCUT2D eigenvalue weighted by Crippen LogP contribution is -2.41. The van der Waals surface area contributed by atoms with Gasteiger partial charge in [0.2, 0.25) is 10.0 Å². The Morgan fingerprint density at radius 2 is 1.88 bits per heavy atom. The number of amides is 3. The Morgan fingerprint density at radius 1 is 1.20 bits per heavy atom. The molecule has 0 saturated carbocycles. The Hall–Kier alpha value is -2.46. The van der Waals surface area contributed by atoms with Crippen LogP contribution in [0.4, 0.5) is 4.79 Å². The standard InChI is InChI=1S/C15H21N3O6S/c1-4-8-16-15(21)17-13(19)10-24-14(20)11-6-5-7-12(9-11)25(22,23)18(2)3/h5-7,9H,4,8,10H2,1-3H3,(H2,16,17,19,21). The molecule has 0 aliphatic rings. The summed E-state index contributed by atoms with van der Waals surface area (Å²) in [4.78, 5) is 34.7. The number of sulfonamides is 1. The molecule has 0 heterocycles. The fourth-order valence-electron chi connectivity index (χ4n) is 1.65. The molecule has 1 aromatic rings. The van der Waals surface area contributed by atoms with Crippen molar-refractivity contribution in [3.8, 4) is 0 Å². The van der Waals surface area contributed by atoms with E-state index in [2.05, 4.69) is 5.32 Å². The number of rotatable bonds is 7. The first-order chi connectivity index (χ1) is 11.7. The van der Waals surface area contributed by atoms with Crippen molar-refractivity contribution >= 4 is 27.9 Å². The van der Waals surface area contributed by atoms with Gasteiger partial charge in [-0.25, -0.2) is 22.3 Å². The third-order valence-corrected chi connectivity index (χ3v) is 4.78. The third-order valence-electron chi connectivity index (χ3n) is 2.97.